The van der Waals surface area contributed by atoms with Crippen LogP contribution in [0, 0.1) is 5.82 Å². The summed E-state index contributed by atoms with van der Waals surface area (Å²) < 4.78 is 13.5. The molecular weight excluding hydrogens is 367 g/mol. The third-order valence-electron chi connectivity index (χ3n) is 3.05. The number of nitrogens with zero attached hydrogens (tertiary/aromatic N) is 1. The van der Waals surface area contributed by atoms with Gasteiger partial charge in [0, 0.05) is 17.1 Å². The summed E-state index contributed by atoms with van der Waals surface area (Å²) in [6.07, 6.45) is 1.58. The van der Waals surface area contributed by atoms with Crippen molar-refractivity contribution in [3.05, 3.63) is 27.4 Å². The molecule has 0 aliphatic heterocycles. The minimum absolute atomic E-state index is 0.0577. The summed E-state index contributed by atoms with van der Waals surface area (Å²) in [5, 5.41) is 11.4. The standard InChI is InChI=1S/C13H13BrClFN2O3/c14-9-5-7(16)6-10(15)12(9)17-13(21)18(8-1-2-8)4-3-11(19)20/h5-6,8H,1-4H2,(H,17,21)(H,19,20). The number of benzene rings is 1. The molecule has 0 spiro atoms. The summed E-state index contributed by atoms with van der Waals surface area (Å²) in [4.78, 5) is 24.4. The van der Waals surface area contributed by atoms with Crippen molar-refractivity contribution >= 4 is 45.2 Å². The maximum absolute atomic E-state index is 13.1. The van der Waals surface area contributed by atoms with Gasteiger partial charge in [0.05, 0.1) is 17.1 Å². The van der Waals surface area contributed by atoms with E-state index in [9.17, 15) is 14.0 Å². The molecule has 2 amide bonds. The first-order valence-electron chi connectivity index (χ1n) is 6.32. The maximum atomic E-state index is 13.1. The van der Waals surface area contributed by atoms with E-state index in [2.05, 4.69) is 21.2 Å². The summed E-state index contributed by atoms with van der Waals surface area (Å²) in [7, 11) is 0. The highest BCUT2D eigenvalue weighted by Gasteiger charge is 2.33. The molecule has 5 nitrogen and oxygen atoms in total. The zero-order valence-corrected chi connectivity index (χ0v) is 13.2. The molecule has 2 rings (SSSR count). The van der Waals surface area contributed by atoms with E-state index in [4.69, 9.17) is 16.7 Å². The van der Waals surface area contributed by atoms with Gasteiger partial charge >= 0.3 is 12.0 Å². The Morgan fingerprint density at radius 3 is 2.67 bits per heavy atom. The third kappa shape index (κ3) is 4.31. The van der Waals surface area contributed by atoms with E-state index in [1.165, 1.54) is 11.0 Å². The molecule has 114 valence electrons. The molecule has 1 aromatic rings. The molecule has 0 bridgehead atoms. The van der Waals surface area contributed by atoms with Crippen LogP contribution in [0.1, 0.15) is 19.3 Å². The molecule has 1 aliphatic carbocycles. The van der Waals surface area contributed by atoms with Crippen LogP contribution in [0.25, 0.3) is 0 Å². The smallest absolute Gasteiger partial charge is 0.322 e. The summed E-state index contributed by atoms with van der Waals surface area (Å²) >= 11 is 9.05. The Morgan fingerprint density at radius 2 is 2.14 bits per heavy atom. The number of hydrogen-bond acceptors (Lipinski definition) is 2. The number of nitrogens with one attached hydrogen (secondary N) is 1. The summed E-state index contributed by atoms with van der Waals surface area (Å²) in [6.45, 7) is 0.127. The van der Waals surface area contributed by atoms with Crippen LogP contribution in [0.5, 0.6) is 0 Å². The SMILES string of the molecule is O=C(O)CCN(C(=O)Nc1c(Cl)cc(F)cc1Br)C1CC1. The van der Waals surface area contributed by atoms with Crippen LogP contribution in [0.4, 0.5) is 14.9 Å². The van der Waals surface area contributed by atoms with Crippen molar-refractivity contribution in [1.29, 1.82) is 0 Å². The molecule has 1 fully saturated rings. The zero-order valence-electron chi connectivity index (χ0n) is 10.9. The second-order valence-electron chi connectivity index (χ2n) is 4.74. The van der Waals surface area contributed by atoms with E-state index in [1.54, 1.807) is 0 Å². The average Bonchev–Trinajstić information content (AvgIpc) is 3.18. The number of halogens is 3. The zero-order chi connectivity index (χ0) is 15.6. The van der Waals surface area contributed by atoms with Crippen molar-refractivity contribution in [3.8, 4) is 0 Å². The Kier molecular flexibility index (Phi) is 5.05. The lowest BCUT2D eigenvalue weighted by atomic mass is 10.3. The van der Waals surface area contributed by atoms with Gasteiger partial charge in [-0.15, -0.1) is 0 Å². The topological polar surface area (TPSA) is 69.6 Å². The molecule has 0 radical (unpaired) electrons. The van der Waals surface area contributed by atoms with E-state index < -0.39 is 17.8 Å². The molecule has 0 atom stereocenters. The fourth-order valence-corrected chi connectivity index (χ4v) is 2.79. The Balaban J connectivity index is 2.10. The van der Waals surface area contributed by atoms with Crippen molar-refractivity contribution in [2.75, 3.05) is 11.9 Å². The quantitative estimate of drug-likeness (QED) is 0.819. The Labute approximate surface area is 134 Å². The number of hydrogen-bond donors (Lipinski definition) is 2. The number of carbonyl (C=O) groups is 2. The van der Waals surface area contributed by atoms with Crippen LogP contribution in [-0.4, -0.2) is 34.6 Å². The van der Waals surface area contributed by atoms with Crippen LogP contribution in [0.2, 0.25) is 5.02 Å². The van der Waals surface area contributed by atoms with Crippen molar-refractivity contribution in [2.45, 2.75) is 25.3 Å². The highest BCUT2D eigenvalue weighted by atomic mass is 79.9. The number of urea groups is 1. The maximum Gasteiger partial charge on any atom is 0.322 e. The minimum Gasteiger partial charge on any atom is -0.481 e. The molecule has 1 aliphatic rings. The second kappa shape index (κ2) is 6.62. The number of anilines is 1. The summed E-state index contributed by atoms with van der Waals surface area (Å²) in [6, 6.07) is 1.91. The Hall–Kier alpha value is -1.34. The number of carboxylic acids is 1. The fourth-order valence-electron chi connectivity index (χ4n) is 1.89. The van der Waals surface area contributed by atoms with Crippen LogP contribution in [0.15, 0.2) is 16.6 Å². The van der Waals surface area contributed by atoms with Crippen LogP contribution >= 0.6 is 27.5 Å². The molecule has 0 aromatic heterocycles. The highest BCUT2D eigenvalue weighted by Crippen LogP contribution is 2.33. The van der Waals surface area contributed by atoms with E-state index >= 15 is 0 Å². The molecule has 21 heavy (non-hydrogen) atoms. The van der Waals surface area contributed by atoms with E-state index in [1.807, 2.05) is 0 Å². The van der Waals surface area contributed by atoms with Gasteiger partial charge in [-0.2, -0.15) is 0 Å². The second-order valence-corrected chi connectivity index (χ2v) is 6.00. The molecule has 0 saturated heterocycles. The van der Waals surface area contributed by atoms with Gasteiger partial charge in [0.15, 0.2) is 0 Å². The lowest BCUT2D eigenvalue weighted by molar-refractivity contribution is -0.137. The van der Waals surface area contributed by atoms with Gasteiger partial charge < -0.3 is 15.3 Å². The van der Waals surface area contributed by atoms with Gasteiger partial charge in [0.1, 0.15) is 5.82 Å². The van der Waals surface area contributed by atoms with Gasteiger partial charge in [-0.3, -0.25) is 4.79 Å². The monoisotopic (exact) mass is 378 g/mol. The fraction of sp³-hybridized carbons (Fsp3) is 0.385. The number of carboxylic acid groups (broad SMARTS) is 1. The third-order valence-corrected chi connectivity index (χ3v) is 3.98. The predicted octanol–water partition coefficient (Wildman–Crippen LogP) is 3.71. The molecule has 2 N–H and O–H groups in total. The lowest BCUT2D eigenvalue weighted by Gasteiger charge is -2.22. The van der Waals surface area contributed by atoms with E-state index in [0.717, 1.165) is 18.9 Å². The van der Waals surface area contributed by atoms with E-state index in [-0.39, 0.29) is 29.7 Å². The van der Waals surface area contributed by atoms with Crippen molar-refractivity contribution < 1.29 is 19.1 Å². The molecule has 0 unspecified atom stereocenters. The molecule has 0 heterocycles. The van der Waals surface area contributed by atoms with E-state index in [0.29, 0.717) is 4.47 Å². The predicted molar refractivity (Wildman–Crippen MR) is 80.1 cm³/mol. The first-order chi connectivity index (χ1) is 9.88. The normalized spacial score (nSPS) is 13.9. The summed E-state index contributed by atoms with van der Waals surface area (Å²) in [5.41, 5.74) is 0.268. The van der Waals surface area contributed by atoms with Gasteiger partial charge in [-0.1, -0.05) is 11.6 Å². The average molecular weight is 380 g/mol. The molecule has 1 saturated carbocycles. The van der Waals surface area contributed by atoms with Crippen molar-refractivity contribution in [3.63, 3.8) is 0 Å². The minimum atomic E-state index is -0.963. The Bertz CT molecular complexity index is 558. The highest BCUT2D eigenvalue weighted by molar-refractivity contribution is 9.10. The van der Waals surface area contributed by atoms with Gasteiger partial charge in [0.25, 0.3) is 0 Å². The van der Waals surface area contributed by atoms with Crippen LogP contribution in [0.3, 0.4) is 0 Å². The molecule has 8 heteroatoms. The molecular formula is C13H13BrClFN2O3. The first-order valence-corrected chi connectivity index (χ1v) is 7.49. The van der Waals surface area contributed by atoms with Gasteiger partial charge in [-0.05, 0) is 40.9 Å². The largest absolute Gasteiger partial charge is 0.481 e. The number of carbonyl (C=O) groups excluding carboxylic acids is 1. The lowest BCUT2D eigenvalue weighted by Crippen LogP contribution is -2.38. The Morgan fingerprint density at radius 1 is 1.48 bits per heavy atom. The molecule has 1 aromatic carbocycles. The van der Waals surface area contributed by atoms with Crippen LogP contribution < -0.4 is 5.32 Å². The van der Waals surface area contributed by atoms with Crippen molar-refractivity contribution in [2.24, 2.45) is 0 Å². The van der Waals surface area contributed by atoms with Gasteiger partial charge in [0.2, 0.25) is 0 Å². The first kappa shape index (κ1) is 16.0. The van der Waals surface area contributed by atoms with Gasteiger partial charge in [-0.25, -0.2) is 9.18 Å². The number of aliphatic carboxylic acids is 1. The summed E-state index contributed by atoms with van der Waals surface area (Å²) in [5.74, 6) is -1.48. The van der Waals surface area contributed by atoms with Crippen molar-refractivity contribution in [1.82, 2.24) is 4.90 Å². The number of rotatable bonds is 5. The van der Waals surface area contributed by atoms with Crippen LogP contribution in [-0.2, 0) is 4.79 Å². The number of amides is 2.